The molecule has 0 aliphatic carbocycles. The molecule has 0 aliphatic heterocycles. The van der Waals surface area contributed by atoms with Gasteiger partial charge in [0.05, 0.1) is 6.10 Å². The number of aldehydes is 1. The highest BCUT2D eigenvalue weighted by Gasteiger charge is 2.05. The van der Waals surface area contributed by atoms with Crippen LogP contribution in [-0.2, 0) is 4.79 Å². The van der Waals surface area contributed by atoms with E-state index in [2.05, 4.69) is 6.92 Å². The lowest BCUT2D eigenvalue weighted by Gasteiger charge is -2.10. The summed E-state index contributed by atoms with van der Waals surface area (Å²) in [6.07, 6.45) is 4.18. The Morgan fingerprint density at radius 2 is 2.08 bits per heavy atom. The van der Waals surface area contributed by atoms with Gasteiger partial charge >= 0.3 is 0 Å². The fraction of sp³-hybridized carbons (Fsp3) is 0.727. The Kier molecular flexibility index (Phi) is 6.51. The van der Waals surface area contributed by atoms with Gasteiger partial charge in [0.1, 0.15) is 6.29 Å². The van der Waals surface area contributed by atoms with Crippen molar-refractivity contribution in [3.05, 3.63) is 11.1 Å². The maximum absolute atomic E-state index is 10.4. The van der Waals surface area contributed by atoms with Crippen LogP contribution in [0.4, 0.5) is 0 Å². The molecule has 0 saturated heterocycles. The molecule has 1 N–H and O–H groups in total. The molecule has 0 amide bonds. The summed E-state index contributed by atoms with van der Waals surface area (Å²) in [7, 11) is 0. The normalized spacial score (nSPS) is 15.1. The van der Waals surface area contributed by atoms with Crippen molar-refractivity contribution in [3.8, 4) is 0 Å². The number of carbonyl (C=O) groups excluding carboxylic acids is 1. The van der Waals surface area contributed by atoms with Crippen LogP contribution in [0.5, 0.6) is 0 Å². The van der Waals surface area contributed by atoms with Crippen molar-refractivity contribution in [1.29, 1.82) is 0 Å². The molecule has 1 unspecified atom stereocenters. The van der Waals surface area contributed by atoms with Crippen LogP contribution >= 0.6 is 0 Å². The Morgan fingerprint density at radius 3 is 2.54 bits per heavy atom. The first-order valence-corrected chi connectivity index (χ1v) is 4.91. The van der Waals surface area contributed by atoms with E-state index >= 15 is 0 Å². The van der Waals surface area contributed by atoms with Gasteiger partial charge < -0.3 is 5.11 Å². The summed E-state index contributed by atoms with van der Waals surface area (Å²) in [5.41, 5.74) is 1.74. The van der Waals surface area contributed by atoms with Gasteiger partial charge in [-0.3, -0.25) is 4.79 Å². The van der Waals surface area contributed by atoms with Crippen LogP contribution in [0.1, 0.15) is 46.5 Å². The third kappa shape index (κ3) is 5.58. The maximum Gasteiger partial charge on any atom is 0.145 e. The minimum Gasteiger partial charge on any atom is -0.393 e. The SMILES string of the molecule is CCCCC(O)CC(C)=C(C)C=O. The molecular formula is C11H20O2. The fourth-order valence-corrected chi connectivity index (χ4v) is 1.16. The second-order valence-electron chi connectivity index (χ2n) is 3.58. The molecule has 0 aromatic rings. The summed E-state index contributed by atoms with van der Waals surface area (Å²) in [6, 6.07) is 0. The molecular weight excluding hydrogens is 164 g/mol. The molecule has 0 bridgehead atoms. The van der Waals surface area contributed by atoms with Gasteiger partial charge in [0.25, 0.3) is 0 Å². The largest absolute Gasteiger partial charge is 0.393 e. The number of aliphatic hydroxyl groups is 1. The summed E-state index contributed by atoms with van der Waals surface area (Å²) in [6.45, 7) is 5.79. The molecule has 0 radical (unpaired) electrons. The Bertz CT molecular complexity index is 183. The van der Waals surface area contributed by atoms with Crippen LogP contribution in [-0.4, -0.2) is 17.5 Å². The lowest BCUT2D eigenvalue weighted by molar-refractivity contribution is -0.104. The zero-order valence-electron chi connectivity index (χ0n) is 8.84. The van der Waals surface area contributed by atoms with Crippen molar-refractivity contribution in [3.63, 3.8) is 0 Å². The molecule has 1 atom stereocenters. The average molecular weight is 184 g/mol. The highest BCUT2D eigenvalue weighted by atomic mass is 16.3. The van der Waals surface area contributed by atoms with E-state index < -0.39 is 0 Å². The number of aliphatic hydroxyl groups excluding tert-OH is 1. The summed E-state index contributed by atoms with van der Waals surface area (Å²) >= 11 is 0. The van der Waals surface area contributed by atoms with E-state index in [1.807, 2.05) is 6.92 Å². The quantitative estimate of drug-likeness (QED) is 0.508. The van der Waals surface area contributed by atoms with Crippen LogP contribution in [0, 0.1) is 0 Å². The second-order valence-corrected chi connectivity index (χ2v) is 3.58. The molecule has 0 fully saturated rings. The van der Waals surface area contributed by atoms with Crippen molar-refractivity contribution in [1.82, 2.24) is 0 Å². The van der Waals surface area contributed by atoms with Crippen molar-refractivity contribution in [2.45, 2.75) is 52.6 Å². The standard InChI is InChI=1S/C11H20O2/c1-4-5-6-11(13)7-9(2)10(3)8-12/h8,11,13H,4-7H2,1-3H3. The second kappa shape index (κ2) is 6.84. The topological polar surface area (TPSA) is 37.3 Å². The average Bonchev–Trinajstić information content (AvgIpc) is 2.13. The van der Waals surface area contributed by atoms with Crippen molar-refractivity contribution in [2.75, 3.05) is 0 Å². The third-order valence-corrected chi connectivity index (χ3v) is 2.28. The van der Waals surface area contributed by atoms with Gasteiger partial charge in [0, 0.05) is 0 Å². The monoisotopic (exact) mass is 184 g/mol. The van der Waals surface area contributed by atoms with Gasteiger partial charge in [0.2, 0.25) is 0 Å². The lowest BCUT2D eigenvalue weighted by atomic mass is 10.0. The van der Waals surface area contributed by atoms with Crippen LogP contribution in [0.2, 0.25) is 0 Å². The highest BCUT2D eigenvalue weighted by molar-refractivity contribution is 5.73. The van der Waals surface area contributed by atoms with Gasteiger partial charge in [-0.2, -0.15) is 0 Å². The minimum absolute atomic E-state index is 0.283. The van der Waals surface area contributed by atoms with Crippen LogP contribution in [0.3, 0.4) is 0 Å². The predicted molar refractivity (Wildman–Crippen MR) is 54.6 cm³/mol. The Morgan fingerprint density at radius 1 is 1.46 bits per heavy atom. The number of unbranched alkanes of at least 4 members (excludes halogenated alkanes) is 1. The number of allylic oxidation sites excluding steroid dienone is 1. The van der Waals surface area contributed by atoms with Crippen molar-refractivity contribution >= 4 is 6.29 Å². The Hall–Kier alpha value is -0.630. The molecule has 13 heavy (non-hydrogen) atoms. The molecule has 2 nitrogen and oxygen atoms in total. The molecule has 0 spiro atoms. The third-order valence-electron chi connectivity index (χ3n) is 2.28. The molecule has 0 aliphatic rings. The van der Waals surface area contributed by atoms with E-state index in [-0.39, 0.29) is 6.10 Å². The Balaban J connectivity index is 3.90. The Labute approximate surface area is 80.7 Å². The lowest BCUT2D eigenvalue weighted by Crippen LogP contribution is -2.07. The molecule has 0 saturated carbocycles. The minimum atomic E-state index is -0.283. The fourth-order valence-electron chi connectivity index (χ4n) is 1.16. The molecule has 76 valence electrons. The number of hydrogen-bond donors (Lipinski definition) is 1. The van der Waals surface area contributed by atoms with Gasteiger partial charge in [0.15, 0.2) is 0 Å². The first-order valence-electron chi connectivity index (χ1n) is 4.91. The predicted octanol–water partition coefficient (Wildman–Crippen LogP) is 2.46. The summed E-state index contributed by atoms with van der Waals surface area (Å²) in [5, 5.41) is 9.55. The number of hydrogen-bond acceptors (Lipinski definition) is 2. The highest BCUT2D eigenvalue weighted by Crippen LogP contribution is 2.13. The number of rotatable bonds is 6. The van der Waals surface area contributed by atoms with Crippen molar-refractivity contribution < 1.29 is 9.90 Å². The van der Waals surface area contributed by atoms with E-state index in [0.717, 1.165) is 36.7 Å². The van der Waals surface area contributed by atoms with Gasteiger partial charge in [-0.1, -0.05) is 25.3 Å². The molecule has 0 aromatic carbocycles. The first-order chi connectivity index (χ1) is 6.11. The van der Waals surface area contributed by atoms with E-state index in [4.69, 9.17) is 0 Å². The molecule has 0 heterocycles. The first kappa shape index (κ1) is 12.4. The van der Waals surface area contributed by atoms with Gasteiger partial charge in [-0.25, -0.2) is 0 Å². The van der Waals surface area contributed by atoms with Crippen molar-refractivity contribution in [2.24, 2.45) is 0 Å². The summed E-state index contributed by atoms with van der Waals surface area (Å²) in [4.78, 5) is 10.4. The number of carbonyl (C=O) groups is 1. The molecule has 0 aromatic heterocycles. The van der Waals surface area contributed by atoms with E-state index in [9.17, 15) is 9.90 Å². The van der Waals surface area contributed by atoms with E-state index in [1.165, 1.54) is 0 Å². The van der Waals surface area contributed by atoms with E-state index in [0.29, 0.717) is 6.42 Å². The maximum atomic E-state index is 10.4. The summed E-state index contributed by atoms with van der Waals surface area (Å²) < 4.78 is 0. The van der Waals surface area contributed by atoms with Crippen LogP contribution in [0.15, 0.2) is 11.1 Å². The van der Waals surface area contributed by atoms with Crippen LogP contribution in [0.25, 0.3) is 0 Å². The van der Waals surface area contributed by atoms with Gasteiger partial charge in [-0.05, 0) is 32.3 Å². The zero-order chi connectivity index (χ0) is 10.3. The summed E-state index contributed by atoms with van der Waals surface area (Å²) in [5.74, 6) is 0. The smallest absolute Gasteiger partial charge is 0.145 e. The van der Waals surface area contributed by atoms with E-state index in [1.54, 1.807) is 6.92 Å². The molecule has 2 heteroatoms. The zero-order valence-corrected chi connectivity index (χ0v) is 8.84. The van der Waals surface area contributed by atoms with Crippen LogP contribution < -0.4 is 0 Å². The van der Waals surface area contributed by atoms with Gasteiger partial charge in [-0.15, -0.1) is 0 Å². The molecule has 0 rings (SSSR count).